The van der Waals surface area contributed by atoms with Crippen LogP contribution >= 0.6 is 11.6 Å². The van der Waals surface area contributed by atoms with E-state index in [0.29, 0.717) is 17.2 Å². The van der Waals surface area contributed by atoms with Gasteiger partial charge in [0.05, 0.1) is 10.6 Å². The van der Waals surface area contributed by atoms with Crippen molar-refractivity contribution in [1.82, 2.24) is 0 Å². The predicted octanol–water partition coefficient (Wildman–Crippen LogP) is 2.97. The van der Waals surface area contributed by atoms with Crippen molar-refractivity contribution >= 4 is 21.4 Å². The van der Waals surface area contributed by atoms with E-state index in [-0.39, 0.29) is 5.75 Å². The lowest BCUT2D eigenvalue weighted by Gasteiger charge is -2.16. The average molecular weight is 273 g/mol. The summed E-state index contributed by atoms with van der Waals surface area (Å²) in [6, 6.07) is 5.58. The monoisotopic (exact) mass is 272 g/mol. The van der Waals surface area contributed by atoms with Gasteiger partial charge in [-0.1, -0.05) is 6.07 Å². The van der Waals surface area contributed by atoms with Gasteiger partial charge in [-0.25, -0.2) is 8.42 Å². The van der Waals surface area contributed by atoms with E-state index in [1.165, 1.54) is 17.5 Å². The molecule has 0 heterocycles. The molecule has 0 spiro atoms. The zero-order valence-corrected chi connectivity index (χ0v) is 11.4. The number of fused-ring (bicyclic) bond motifs is 1. The fourth-order valence-corrected chi connectivity index (χ4v) is 3.92. The Labute approximate surface area is 108 Å². The van der Waals surface area contributed by atoms with Gasteiger partial charge in [-0.05, 0) is 55.4 Å². The Morgan fingerprint density at radius 3 is 2.53 bits per heavy atom. The second-order valence-electron chi connectivity index (χ2n) is 4.50. The molecular formula is C13H17ClO2S. The Bertz CT molecular complexity index is 494. The summed E-state index contributed by atoms with van der Waals surface area (Å²) in [6.45, 7) is 0. The molecular weight excluding hydrogens is 256 g/mol. The van der Waals surface area contributed by atoms with Crippen molar-refractivity contribution in [2.75, 3.05) is 11.6 Å². The van der Waals surface area contributed by atoms with Crippen molar-refractivity contribution in [1.29, 1.82) is 0 Å². The van der Waals surface area contributed by atoms with Crippen LogP contribution in [0.5, 0.6) is 0 Å². The number of rotatable bonds is 4. The first-order valence-electron chi connectivity index (χ1n) is 6.04. The maximum atomic E-state index is 12.0. The standard InChI is InChI=1S/C13H17ClO2S/c14-8-3-9-17(15,16)13-7-6-11-4-1-2-5-12(11)10-13/h6-7,10H,1-5,8-9H2. The first-order valence-corrected chi connectivity index (χ1v) is 8.23. The molecule has 0 saturated heterocycles. The summed E-state index contributed by atoms with van der Waals surface area (Å²) in [7, 11) is -3.14. The topological polar surface area (TPSA) is 34.1 Å². The third kappa shape index (κ3) is 3.02. The van der Waals surface area contributed by atoms with Crippen molar-refractivity contribution in [3.05, 3.63) is 29.3 Å². The number of hydrogen-bond donors (Lipinski definition) is 0. The van der Waals surface area contributed by atoms with Crippen LogP contribution in [-0.2, 0) is 22.7 Å². The molecule has 1 aliphatic rings. The fourth-order valence-electron chi connectivity index (χ4n) is 2.27. The molecule has 17 heavy (non-hydrogen) atoms. The second-order valence-corrected chi connectivity index (χ2v) is 6.99. The van der Waals surface area contributed by atoms with Crippen LogP contribution in [0.2, 0.25) is 0 Å². The zero-order chi connectivity index (χ0) is 12.3. The summed E-state index contributed by atoms with van der Waals surface area (Å²) in [4.78, 5) is 0.461. The Morgan fingerprint density at radius 1 is 1.12 bits per heavy atom. The van der Waals surface area contributed by atoms with Crippen molar-refractivity contribution in [2.24, 2.45) is 0 Å². The largest absolute Gasteiger partial charge is 0.224 e. The molecule has 0 fully saturated rings. The highest BCUT2D eigenvalue weighted by atomic mass is 35.5. The molecule has 2 rings (SSSR count). The highest BCUT2D eigenvalue weighted by Gasteiger charge is 2.17. The molecule has 0 unspecified atom stereocenters. The highest BCUT2D eigenvalue weighted by molar-refractivity contribution is 7.91. The molecule has 0 radical (unpaired) electrons. The SMILES string of the molecule is O=S(=O)(CCCCl)c1ccc2c(c1)CCCC2. The van der Waals surface area contributed by atoms with Crippen LogP contribution in [0.25, 0.3) is 0 Å². The molecule has 0 atom stereocenters. The molecule has 0 bridgehead atoms. The van der Waals surface area contributed by atoms with E-state index in [1.807, 2.05) is 12.1 Å². The highest BCUT2D eigenvalue weighted by Crippen LogP contribution is 2.24. The summed E-state index contributed by atoms with van der Waals surface area (Å²) in [5.74, 6) is 0.541. The minimum atomic E-state index is -3.14. The molecule has 1 aliphatic carbocycles. The van der Waals surface area contributed by atoms with Crippen LogP contribution in [-0.4, -0.2) is 20.1 Å². The van der Waals surface area contributed by atoms with E-state index in [2.05, 4.69) is 0 Å². The van der Waals surface area contributed by atoms with Crippen molar-refractivity contribution < 1.29 is 8.42 Å². The van der Waals surface area contributed by atoms with E-state index >= 15 is 0 Å². The van der Waals surface area contributed by atoms with Gasteiger partial charge in [0.2, 0.25) is 0 Å². The number of alkyl halides is 1. The Hall–Kier alpha value is -0.540. The summed E-state index contributed by atoms with van der Waals surface area (Å²) in [5, 5.41) is 0. The van der Waals surface area contributed by atoms with Crippen molar-refractivity contribution in [3.63, 3.8) is 0 Å². The molecule has 1 aromatic rings. The van der Waals surface area contributed by atoms with E-state index in [9.17, 15) is 8.42 Å². The Balaban J connectivity index is 2.27. The number of hydrogen-bond acceptors (Lipinski definition) is 2. The van der Waals surface area contributed by atoms with Gasteiger partial charge < -0.3 is 0 Å². The predicted molar refractivity (Wildman–Crippen MR) is 70.5 cm³/mol. The fraction of sp³-hybridized carbons (Fsp3) is 0.538. The number of aryl methyl sites for hydroxylation is 2. The normalized spacial score (nSPS) is 15.6. The summed E-state index contributed by atoms with van der Waals surface area (Å²) < 4.78 is 24.0. The van der Waals surface area contributed by atoms with E-state index < -0.39 is 9.84 Å². The van der Waals surface area contributed by atoms with Crippen LogP contribution < -0.4 is 0 Å². The van der Waals surface area contributed by atoms with Crippen molar-refractivity contribution in [3.8, 4) is 0 Å². The third-order valence-corrected chi connectivity index (χ3v) is 5.29. The number of benzene rings is 1. The van der Waals surface area contributed by atoms with Crippen molar-refractivity contribution in [2.45, 2.75) is 37.0 Å². The lowest BCUT2D eigenvalue weighted by molar-refractivity contribution is 0.594. The van der Waals surface area contributed by atoms with Crippen LogP contribution in [0.3, 0.4) is 0 Å². The molecule has 0 aromatic heterocycles. The van der Waals surface area contributed by atoms with Gasteiger partial charge in [0.15, 0.2) is 9.84 Å². The molecule has 4 heteroatoms. The summed E-state index contributed by atoms with van der Waals surface area (Å²) in [5.41, 5.74) is 2.52. The van der Waals surface area contributed by atoms with Gasteiger partial charge in [-0.15, -0.1) is 11.6 Å². The lowest BCUT2D eigenvalue weighted by Crippen LogP contribution is -2.10. The molecule has 2 nitrogen and oxygen atoms in total. The molecule has 0 aliphatic heterocycles. The Morgan fingerprint density at radius 2 is 1.82 bits per heavy atom. The summed E-state index contributed by atoms with van der Waals surface area (Å²) >= 11 is 5.55. The second kappa shape index (κ2) is 5.40. The lowest BCUT2D eigenvalue weighted by atomic mass is 9.92. The molecule has 0 amide bonds. The van der Waals surface area contributed by atoms with Crippen LogP contribution in [0.4, 0.5) is 0 Å². The van der Waals surface area contributed by atoms with E-state index in [0.717, 1.165) is 19.3 Å². The van der Waals surface area contributed by atoms with Gasteiger partial charge in [-0.2, -0.15) is 0 Å². The smallest absolute Gasteiger partial charge is 0.178 e. The van der Waals surface area contributed by atoms with Crippen LogP contribution in [0, 0.1) is 0 Å². The number of halogens is 1. The first-order chi connectivity index (χ1) is 8.13. The van der Waals surface area contributed by atoms with E-state index in [1.54, 1.807) is 6.07 Å². The zero-order valence-electron chi connectivity index (χ0n) is 9.78. The molecule has 1 aromatic carbocycles. The van der Waals surface area contributed by atoms with Crippen LogP contribution in [0.1, 0.15) is 30.4 Å². The van der Waals surface area contributed by atoms with Gasteiger partial charge >= 0.3 is 0 Å². The molecule has 0 saturated carbocycles. The van der Waals surface area contributed by atoms with E-state index in [4.69, 9.17) is 11.6 Å². The van der Waals surface area contributed by atoms with Crippen LogP contribution in [0.15, 0.2) is 23.1 Å². The molecule has 0 N–H and O–H groups in total. The maximum Gasteiger partial charge on any atom is 0.178 e. The van der Waals surface area contributed by atoms with Gasteiger partial charge in [0.1, 0.15) is 0 Å². The summed E-state index contributed by atoms with van der Waals surface area (Å²) in [6.07, 6.45) is 4.98. The third-order valence-electron chi connectivity index (χ3n) is 3.23. The minimum Gasteiger partial charge on any atom is -0.224 e. The minimum absolute atomic E-state index is 0.148. The quantitative estimate of drug-likeness (QED) is 0.790. The van der Waals surface area contributed by atoms with Gasteiger partial charge in [-0.3, -0.25) is 0 Å². The average Bonchev–Trinajstić information content (AvgIpc) is 2.36. The van der Waals surface area contributed by atoms with Gasteiger partial charge in [0, 0.05) is 5.88 Å². The maximum absolute atomic E-state index is 12.0. The first kappa shape index (κ1) is 12.9. The Kier molecular flexibility index (Phi) is 4.10. The molecule has 94 valence electrons. The number of sulfone groups is 1. The van der Waals surface area contributed by atoms with Gasteiger partial charge in [0.25, 0.3) is 0 Å².